The van der Waals surface area contributed by atoms with Crippen molar-refractivity contribution in [1.82, 2.24) is 30.2 Å². The Bertz CT molecular complexity index is 938. The minimum Gasteiger partial charge on any atom is -0.356 e. The molecule has 0 saturated heterocycles. The fourth-order valence-electron chi connectivity index (χ4n) is 2.58. The number of hydrogen-bond acceptors (Lipinski definition) is 5. The molecular formula is C17H21F3IN7S. The first-order chi connectivity index (χ1) is 13.5. The highest BCUT2D eigenvalue weighted by atomic mass is 127. The second kappa shape index (κ2) is 10.7. The molecule has 0 aliphatic heterocycles. The molecule has 0 unspecified atom stereocenters. The van der Waals surface area contributed by atoms with Crippen molar-refractivity contribution in [1.29, 1.82) is 0 Å². The van der Waals surface area contributed by atoms with Crippen LogP contribution < -0.4 is 10.6 Å². The van der Waals surface area contributed by atoms with Gasteiger partial charge in [-0.2, -0.15) is 13.2 Å². The van der Waals surface area contributed by atoms with Crippen LogP contribution in [0.3, 0.4) is 0 Å². The summed E-state index contributed by atoms with van der Waals surface area (Å²) in [5.41, 5.74) is -0.0187. The molecule has 0 saturated carbocycles. The number of thiazole rings is 1. The lowest BCUT2D eigenvalue weighted by Gasteiger charge is -2.11. The van der Waals surface area contributed by atoms with E-state index in [-0.39, 0.29) is 24.0 Å². The van der Waals surface area contributed by atoms with Gasteiger partial charge in [0.2, 0.25) is 0 Å². The quantitative estimate of drug-likeness (QED) is 0.209. The van der Waals surface area contributed by atoms with Crippen molar-refractivity contribution in [2.75, 3.05) is 20.1 Å². The van der Waals surface area contributed by atoms with Crippen LogP contribution in [0.5, 0.6) is 0 Å². The largest absolute Gasteiger partial charge is 0.434 e. The van der Waals surface area contributed by atoms with Crippen molar-refractivity contribution < 1.29 is 13.2 Å². The monoisotopic (exact) mass is 539 g/mol. The number of pyridine rings is 1. The maximum Gasteiger partial charge on any atom is 0.434 e. The van der Waals surface area contributed by atoms with Crippen LogP contribution in [0.2, 0.25) is 0 Å². The molecule has 158 valence electrons. The summed E-state index contributed by atoms with van der Waals surface area (Å²) < 4.78 is 39.6. The Morgan fingerprint density at radius 1 is 1.17 bits per heavy atom. The van der Waals surface area contributed by atoms with Crippen LogP contribution in [0.25, 0.3) is 5.65 Å². The van der Waals surface area contributed by atoms with E-state index in [1.807, 2.05) is 28.8 Å². The third-order valence-corrected chi connectivity index (χ3v) is 4.86. The van der Waals surface area contributed by atoms with Gasteiger partial charge in [0, 0.05) is 44.6 Å². The van der Waals surface area contributed by atoms with Gasteiger partial charge in [-0.1, -0.05) is 6.07 Å². The molecule has 0 aromatic carbocycles. The van der Waals surface area contributed by atoms with Crippen molar-refractivity contribution in [3.63, 3.8) is 0 Å². The number of aryl methyl sites for hydroxylation is 1. The zero-order chi connectivity index (χ0) is 20.0. The lowest BCUT2D eigenvalue weighted by atomic mass is 10.3. The summed E-state index contributed by atoms with van der Waals surface area (Å²) in [7, 11) is 1.65. The molecule has 0 radical (unpaired) electrons. The molecule has 0 bridgehead atoms. The molecule has 3 heterocycles. The van der Waals surface area contributed by atoms with E-state index in [4.69, 9.17) is 0 Å². The van der Waals surface area contributed by atoms with E-state index in [1.54, 1.807) is 7.05 Å². The van der Waals surface area contributed by atoms with Crippen LogP contribution in [0.4, 0.5) is 13.2 Å². The van der Waals surface area contributed by atoms with Gasteiger partial charge in [0.25, 0.3) is 0 Å². The third kappa shape index (κ3) is 6.52. The molecule has 0 aliphatic carbocycles. The average Bonchev–Trinajstić information content (AvgIpc) is 3.31. The molecule has 0 atom stereocenters. The summed E-state index contributed by atoms with van der Waals surface area (Å²) in [5.74, 6) is 1.49. The van der Waals surface area contributed by atoms with Crippen LogP contribution in [0.1, 0.15) is 22.9 Å². The lowest BCUT2D eigenvalue weighted by molar-refractivity contribution is -0.140. The first-order valence-electron chi connectivity index (χ1n) is 8.72. The number of rotatable bonds is 7. The second-order valence-electron chi connectivity index (χ2n) is 5.95. The molecule has 0 amide bonds. The van der Waals surface area contributed by atoms with Crippen molar-refractivity contribution in [2.45, 2.75) is 25.4 Å². The van der Waals surface area contributed by atoms with Crippen molar-refractivity contribution in [2.24, 2.45) is 4.99 Å². The number of hydrogen-bond donors (Lipinski definition) is 2. The predicted molar refractivity (Wildman–Crippen MR) is 117 cm³/mol. The van der Waals surface area contributed by atoms with Gasteiger partial charge in [-0.3, -0.25) is 9.39 Å². The lowest BCUT2D eigenvalue weighted by Crippen LogP contribution is -2.38. The van der Waals surface area contributed by atoms with Crippen LogP contribution in [-0.2, 0) is 19.0 Å². The van der Waals surface area contributed by atoms with Crippen molar-refractivity contribution in [3.05, 3.63) is 46.3 Å². The molecule has 3 rings (SSSR count). The number of aromatic nitrogens is 4. The number of nitrogens with zero attached hydrogens (tertiary/aromatic N) is 5. The Morgan fingerprint density at radius 3 is 2.69 bits per heavy atom. The standard InChI is InChI=1S/C17H20F3N7S.HI/c1-21-16(23-9-7-15-24-12(11-28-15)17(18,19)20)22-8-4-6-14-26-25-13-5-2-3-10-27(13)14;/h2-3,5,10-11H,4,6-9H2,1H3,(H2,21,22,23);1H. The number of aliphatic imine (C=N–C) groups is 1. The van der Waals surface area contributed by atoms with Gasteiger partial charge in [0.15, 0.2) is 17.3 Å². The number of halogens is 4. The van der Waals surface area contributed by atoms with E-state index in [2.05, 4.69) is 30.8 Å². The maximum atomic E-state index is 12.6. The highest BCUT2D eigenvalue weighted by Gasteiger charge is 2.33. The highest BCUT2D eigenvalue weighted by molar-refractivity contribution is 14.0. The number of fused-ring (bicyclic) bond motifs is 1. The molecule has 0 spiro atoms. The molecule has 0 fully saturated rings. The van der Waals surface area contributed by atoms with Gasteiger partial charge in [0.05, 0.1) is 5.01 Å². The third-order valence-electron chi connectivity index (χ3n) is 3.95. The first kappa shape index (κ1) is 23.3. The summed E-state index contributed by atoms with van der Waals surface area (Å²) in [6, 6.07) is 5.76. The fraction of sp³-hybridized carbons (Fsp3) is 0.412. The van der Waals surface area contributed by atoms with Gasteiger partial charge in [0.1, 0.15) is 5.82 Å². The average molecular weight is 539 g/mol. The van der Waals surface area contributed by atoms with Crippen LogP contribution in [0, 0.1) is 0 Å². The summed E-state index contributed by atoms with van der Waals surface area (Å²) >= 11 is 1.01. The Balaban J connectivity index is 0.00000300. The van der Waals surface area contributed by atoms with E-state index in [0.29, 0.717) is 30.5 Å². The Labute approximate surface area is 186 Å². The molecule has 3 aromatic heterocycles. The van der Waals surface area contributed by atoms with Crippen LogP contribution in [0.15, 0.2) is 34.8 Å². The minimum absolute atomic E-state index is 0. The Morgan fingerprint density at radius 2 is 1.97 bits per heavy atom. The van der Waals surface area contributed by atoms with Crippen LogP contribution in [-0.4, -0.2) is 45.7 Å². The summed E-state index contributed by atoms with van der Waals surface area (Å²) in [5, 5.41) is 16.0. The summed E-state index contributed by atoms with van der Waals surface area (Å²) in [6.07, 6.45) is -0.476. The Kier molecular flexibility index (Phi) is 8.61. The molecule has 3 aromatic rings. The van der Waals surface area contributed by atoms with Crippen LogP contribution >= 0.6 is 35.3 Å². The summed E-state index contributed by atoms with van der Waals surface area (Å²) in [4.78, 5) is 7.72. The number of guanidine groups is 1. The topological polar surface area (TPSA) is 79.5 Å². The van der Waals surface area contributed by atoms with E-state index in [0.717, 1.165) is 41.0 Å². The molecular weight excluding hydrogens is 518 g/mol. The van der Waals surface area contributed by atoms with Crippen molar-refractivity contribution >= 4 is 46.9 Å². The zero-order valence-electron chi connectivity index (χ0n) is 15.6. The normalized spacial score (nSPS) is 12.1. The second-order valence-corrected chi connectivity index (χ2v) is 6.89. The van der Waals surface area contributed by atoms with E-state index < -0.39 is 11.9 Å². The fourth-order valence-corrected chi connectivity index (χ4v) is 3.38. The molecule has 29 heavy (non-hydrogen) atoms. The Hall–Kier alpha value is -1.96. The molecule has 12 heteroatoms. The van der Waals surface area contributed by atoms with Gasteiger partial charge in [-0.05, 0) is 18.6 Å². The molecule has 2 N–H and O–H groups in total. The minimum atomic E-state index is -4.39. The van der Waals surface area contributed by atoms with E-state index >= 15 is 0 Å². The number of nitrogens with one attached hydrogen (secondary N) is 2. The number of alkyl halides is 3. The van der Waals surface area contributed by atoms with Gasteiger partial charge >= 0.3 is 6.18 Å². The SMILES string of the molecule is CN=C(NCCCc1nnc2ccccn12)NCCc1nc(C(F)(F)F)cs1.I. The van der Waals surface area contributed by atoms with Gasteiger partial charge < -0.3 is 10.6 Å². The van der Waals surface area contributed by atoms with E-state index in [9.17, 15) is 13.2 Å². The van der Waals surface area contributed by atoms with Gasteiger partial charge in [-0.15, -0.1) is 45.5 Å². The first-order valence-corrected chi connectivity index (χ1v) is 9.60. The maximum absolute atomic E-state index is 12.6. The molecule has 0 aliphatic rings. The zero-order valence-corrected chi connectivity index (χ0v) is 18.8. The predicted octanol–water partition coefficient (Wildman–Crippen LogP) is 3.16. The van der Waals surface area contributed by atoms with Crippen molar-refractivity contribution in [3.8, 4) is 0 Å². The summed E-state index contributed by atoms with van der Waals surface area (Å²) in [6.45, 7) is 1.12. The highest BCUT2D eigenvalue weighted by Crippen LogP contribution is 2.29. The van der Waals surface area contributed by atoms with Gasteiger partial charge in [-0.25, -0.2) is 4.98 Å². The molecule has 7 nitrogen and oxygen atoms in total. The smallest absolute Gasteiger partial charge is 0.356 e. The van der Waals surface area contributed by atoms with E-state index in [1.165, 1.54) is 0 Å².